The summed E-state index contributed by atoms with van der Waals surface area (Å²) in [5.41, 5.74) is 0.511. The second kappa shape index (κ2) is 8.33. The van der Waals surface area contributed by atoms with Gasteiger partial charge >= 0.3 is 0 Å². The Kier molecular flexibility index (Phi) is 6.75. The number of hydrogen-bond donors (Lipinski definition) is 0. The van der Waals surface area contributed by atoms with Crippen LogP contribution in [0.25, 0.3) is 0 Å². The molecule has 0 spiro atoms. The molecule has 0 bridgehead atoms. The van der Waals surface area contributed by atoms with Crippen LogP contribution in [0.15, 0.2) is 12.2 Å². The Hall–Kier alpha value is -0.340. The van der Waals surface area contributed by atoms with E-state index >= 15 is 0 Å². The Labute approximate surface area is 131 Å². The summed E-state index contributed by atoms with van der Waals surface area (Å²) in [6.45, 7) is 7.97. The van der Waals surface area contributed by atoms with Crippen molar-refractivity contribution in [2.75, 3.05) is 6.61 Å². The molecule has 0 N–H and O–H groups in total. The molecule has 2 rings (SSSR count). The molecule has 122 valence electrons. The van der Waals surface area contributed by atoms with Crippen LogP contribution in [0.5, 0.6) is 0 Å². The lowest BCUT2D eigenvalue weighted by molar-refractivity contribution is 0.332. The maximum absolute atomic E-state index is 5.64. The average Bonchev–Trinajstić information content (AvgIpc) is 3.30. The van der Waals surface area contributed by atoms with Crippen LogP contribution < -0.4 is 0 Å². The molecule has 2 aliphatic rings. The molecule has 2 aliphatic heterocycles. The molecule has 2 heterocycles. The van der Waals surface area contributed by atoms with Crippen LogP contribution in [0, 0.1) is 5.41 Å². The minimum Gasteiger partial charge on any atom is -0.373 e. The lowest BCUT2D eigenvalue weighted by Crippen LogP contribution is -2.03. The molecular weight excluding hydrogens is 260 g/mol. The summed E-state index contributed by atoms with van der Waals surface area (Å²) in [5.74, 6) is 0. The van der Waals surface area contributed by atoms with E-state index in [4.69, 9.17) is 9.47 Å². The predicted molar refractivity (Wildman–Crippen MR) is 88.5 cm³/mol. The van der Waals surface area contributed by atoms with E-state index < -0.39 is 0 Å². The average molecular weight is 294 g/mol. The number of allylic oxidation sites excluding steroid dienone is 1. The fraction of sp³-hybridized carbons (Fsp3) is 0.895. The van der Waals surface area contributed by atoms with Crippen LogP contribution in [-0.4, -0.2) is 24.9 Å². The molecule has 0 aromatic rings. The van der Waals surface area contributed by atoms with Gasteiger partial charge in [0.15, 0.2) is 0 Å². The van der Waals surface area contributed by atoms with Crippen molar-refractivity contribution in [3.8, 4) is 0 Å². The molecule has 2 heteroatoms. The lowest BCUT2D eigenvalue weighted by atomic mass is 9.89. The van der Waals surface area contributed by atoms with Gasteiger partial charge in [-0.05, 0) is 31.1 Å². The van der Waals surface area contributed by atoms with Crippen LogP contribution in [0.3, 0.4) is 0 Å². The minimum atomic E-state index is 0.489. The van der Waals surface area contributed by atoms with Gasteiger partial charge in [0.25, 0.3) is 0 Å². The van der Waals surface area contributed by atoms with Gasteiger partial charge in [0, 0.05) is 6.42 Å². The fourth-order valence-electron chi connectivity index (χ4n) is 2.85. The molecule has 0 aromatic heterocycles. The van der Waals surface area contributed by atoms with Gasteiger partial charge in [-0.15, -0.1) is 0 Å². The van der Waals surface area contributed by atoms with E-state index in [0.717, 1.165) is 19.4 Å². The summed E-state index contributed by atoms with van der Waals surface area (Å²) < 4.78 is 10.9. The van der Waals surface area contributed by atoms with E-state index in [9.17, 15) is 0 Å². The summed E-state index contributed by atoms with van der Waals surface area (Å²) in [4.78, 5) is 0. The van der Waals surface area contributed by atoms with Crippen molar-refractivity contribution >= 4 is 0 Å². The Morgan fingerprint density at radius 3 is 2.38 bits per heavy atom. The number of rotatable bonds is 11. The maximum Gasteiger partial charge on any atom is 0.0877 e. The summed E-state index contributed by atoms with van der Waals surface area (Å²) in [5, 5.41) is 0. The van der Waals surface area contributed by atoms with Crippen molar-refractivity contribution in [3.05, 3.63) is 12.2 Å². The summed E-state index contributed by atoms with van der Waals surface area (Å²) in [6, 6.07) is 0. The van der Waals surface area contributed by atoms with Crippen molar-refractivity contribution in [1.29, 1.82) is 0 Å². The molecule has 0 aromatic carbocycles. The van der Waals surface area contributed by atoms with Gasteiger partial charge in [-0.3, -0.25) is 0 Å². The Morgan fingerprint density at radius 1 is 0.952 bits per heavy atom. The van der Waals surface area contributed by atoms with Crippen LogP contribution in [0.1, 0.15) is 78.6 Å². The Morgan fingerprint density at radius 2 is 1.67 bits per heavy atom. The summed E-state index contributed by atoms with van der Waals surface area (Å²) in [7, 11) is 0. The molecule has 21 heavy (non-hydrogen) atoms. The molecule has 0 radical (unpaired) electrons. The Balaban J connectivity index is 1.33. The van der Waals surface area contributed by atoms with E-state index in [1.807, 2.05) is 0 Å². The molecule has 2 nitrogen and oxygen atoms in total. The Bertz CT molecular complexity index is 312. The zero-order valence-electron chi connectivity index (χ0n) is 14.3. The molecular formula is C19H34O2. The number of epoxide rings is 2. The van der Waals surface area contributed by atoms with E-state index in [-0.39, 0.29) is 0 Å². The van der Waals surface area contributed by atoms with Gasteiger partial charge in [-0.25, -0.2) is 0 Å². The third-order valence-corrected chi connectivity index (χ3v) is 4.42. The van der Waals surface area contributed by atoms with Crippen molar-refractivity contribution in [2.24, 2.45) is 5.41 Å². The van der Waals surface area contributed by atoms with Crippen LogP contribution >= 0.6 is 0 Å². The number of ether oxygens (including phenoxy) is 2. The summed E-state index contributed by atoms with van der Waals surface area (Å²) >= 11 is 0. The molecule has 2 saturated heterocycles. The number of unbranched alkanes of at least 4 members (excludes halogenated alkanes) is 5. The molecule has 0 amide bonds. The molecule has 0 saturated carbocycles. The third kappa shape index (κ3) is 8.63. The molecule has 0 aliphatic carbocycles. The first-order valence-electron chi connectivity index (χ1n) is 8.97. The van der Waals surface area contributed by atoms with Crippen molar-refractivity contribution < 1.29 is 9.47 Å². The molecule has 2 fully saturated rings. The van der Waals surface area contributed by atoms with E-state index in [1.54, 1.807) is 0 Å². The highest BCUT2D eigenvalue weighted by Crippen LogP contribution is 2.33. The predicted octanol–water partition coefficient (Wildman–Crippen LogP) is 5.27. The van der Waals surface area contributed by atoms with Gasteiger partial charge < -0.3 is 9.47 Å². The zero-order chi connectivity index (χ0) is 15.1. The normalized spacial score (nSPS) is 28.2. The topological polar surface area (TPSA) is 25.1 Å². The third-order valence-electron chi connectivity index (χ3n) is 4.42. The molecule has 3 atom stereocenters. The maximum atomic E-state index is 5.64. The highest BCUT2D eigenvalue weighted by molar-refractivity contribution is 4.96. The van der Waals surface area contributed by atoms with Gasteiger partial charge in [0.05, 0.1) is 24.9 Å². The van der Waals surface area contributed by atoms with Gasteiger partial charge in [0.1, 0.15) is 0 Å². The fourth-order valence-corrected chi connectivity index (χ4v) is 2.85. The van der Waals surface area contributed by atoms with Gasteiger partial charge in [0.2, 0.25) is 0 Å². The highest BCUT2D eigenvalue weighted by atomic mass is 16.6. The molecule has 3 unspecified atom stereocenters. The second-order valence-corrected chi connectivity index (χ2v) is 7.98. The smallest absolute Gasteiger partial charge is 0.0877 e. The van der Waals surface area contributed by atoms with Crippen LogP contribution in [0.2, 0.25) is 0 Å². The second-order valence-electron chi connectivity index (χ2n) is 7.98. The van der Waals surface area contributed by atoms with Crippen molar-refractivity contribution in [2.45, 2.75) is 96.9 Å². The van der Waals surface area contributed by atoms with Crippen LogP contribution in [-0.2, 0) is 9.47 Å². The quantitative estimate of drug-likeness (QED) is 0.295. The van der Waals surface area contributed by atoms with Gasteiger partial charge in [-0.2, -0.15) is 0 Å². The standard InChI is InChI=1S/C19H34O2/c1-19(2,3)13-11-9-7-5-4-6-8-10-12-17-18(21-17)14-16-15-20-16/h8,10,16-18H,4-7,9,11-15H2,1-3H3/b10-8-. The highest BCUT2D eigenvalue weighted by Gasteiger charge is 2.42. The lowest BCUT2D eigenvalue weighted by Gasteiger charge is -2.17. The van der Waals surface area contributed by atoms with E-state index in [1.165, 1.54) is 44.9 Å². The number of hydrogen-bond acceptors (Lipinski definition) is 2. The van der Waals surface area contributed by atoms with Crippen molar-refractivity contribution in [3.63, 3.8) is 0 Å². The zero-order valence-corrected chi connectivity index (χ0v) is 14.3. The first kappa shape index (κ1) is 17.0. The van der Waals surface area contributed by atoms with E-state index in [0.29, 0.717) is 23.7 Å². The van der Waals surface area contributed by atoms with Crippen LogP contribution in [0.4, 0.5) is 0 Å². The van der Waals surface area contributed by atoms with Gasteiger partial charge in [-0.1, -0.05) is 58.6 Å². The summed E-state index contributed by atoms with van der Waals surface area (Å²) in [6.07, 6.45) is 17.9. The van der Waals surface area contributed by atoms with Crippen molar-refractivity contribution in [1.82, 2.24) is 0 Å². The monoisotopic (exact) mass is 294 g/mol. The largest absolute Gasteiger partial charge is 0.373 e. The SMILES string of the molecule is CC(C)(C)CCCCCCC/C=C\CC1OC1CC1CO1. The van der Waals surface area contributed by atoms with E-state index in [2.05, 4.69) is 32.9 Å². The first-order valence-corrected chi connectivity index (χ1v) is 8.97. The first-order chi connectivity index (χ1) is 10.0. The minimum absolute atomic E-state index is 0.489.